The summed E-state index contributed by atoms with van der Waals surface area (Å²) in [5.41, 5.74) is 1.23. The topological polar surface area (TPSA) is 49.9 Å². The Kier molecular flexibility index (Phi) is 5.10. The van der Waals surface area contributed by atoms with E-state index >= 15 is 0 Å². The Balaban J connectivity index is 1.17. The van der Waals surface area contributed by atoms with Gasteiger partial charge < -0.3 is 9.64 Å². The highest BCUT2D eigenvalue weighted by atomic mass is 16.6. The van der Waals surface area contributed by atoms with Gasteiger partial charge in [-0.05, 0) is 44.6 Å². The first kappa shape index (κ1) is 19.1. The average Bonchev–Trinajstić information content (AvgIpc) is 3.06. The van der Waals surface area contributed by atoms with E-state index in [2.05, 4.69) is 9.80 Å². The third-order valence-electron chi connectivity index (χ3n) is 7.79. The summed E-state index contributed by atoms with van der Waals surface area (Å²) in [5.74, 6) is 0.193. The van der Waals surface area contributed by atoms with Crippen molar-refractivity contribution < 1.29 is 14.3 Å². The zero-order valence-corrected chi connectivity index (χ0v) is 17.3. The Morgan fingerprint density at radius 1 is 0.931 bits per heavy atom. The molecule has 2 heterocycles. The molecule has 5 rings (SSSR count). The molecule has 0 bridgehead atoms. The molecule has 1 aromatic rings. The minimum absolute atomic E-state index is 0.0771. The Morgan fingerprint density at radius 3 is 2.34 bits per heavy atom. The van der Waals surface area contributed by atoms with E-state index in [1.54, 1.807) is 0 Å². The van der Waals surface area contributed by atoms with Gasteiger partial charge >= 0.3 is 5.97 Å². The summed E-state index contributed by atoms with van der Waals surface area (Å²) >= 11 is 0. The summed E-state index contributed by atoms with van der Waals surface area (Å²) in [6.07, 6.45) is 9.91. The lowest BCUT2D eigenvalue weighted by Crippen LogP contribution is -2.53. The summed E-state index contributed by atoms with van der Waals surface area (Å²) in [4.78, 5) is 30.1. The van der Waals surface area contributed by atoms with Crippen LogP contribution in [0.2, 0.25) is 0 Å². The van der Waals surface area contributed by atoms with Gasteiger partial charge in [-0.3, -0.25) is 9.69 Å². The number of benzene rings is 1. The van der Waals surface area contributed by atoms with Gasteiger partial charge in [0.1, 0.15) is 5.60 Å². The molecule has 2 saturated carbocycles. The van der Waals surface area contributed by atoms with Crippen LogP contribution in [0.1, 0.15) is 73.7 Å². The molecule has 0 unspecified atom stereocenters. The van der Waals surface area contributed by atoms with Crippen molar-refractivity contribution in [3.8, 4) is 0 Å². The summed E-state index contributed by atoms with van der Waals surface area (Å²) in [6, 6.07) is 8.49. The molecule has 3 fully saturated rings. The number of hydrogen-bond acceptors (Lipinski definition) is 4. The number of piperazine rings is 1. The van der Waals surface area contributed by atoms with Crippen LogP contribution in [0.4, 0.5) is 0 Å². The standard InChI is InChI=1S/C24H32N2O3/c27-22(26-16-14-25(15-17-26)19-6-2-1-3-7-19)18-10-12-24(13-11-18)21-9-5-4-8-20(21)23(28)29-24/h4-5,8-9,18-19H,1-3,6-7,10-17H2/t18-,24-. The number of amides is 1. The molecular weight excluding hydrogens is 364 g/mol. The van der Waals surface area contributed by atoms with Crippen LogP contribution in [0.3, 0.4) is 0 Å². The number of rotatable bonds is 2. The van der Waals surface area contributed by atoms with Gasteiger partial charge in [-0.15, -0.1) is 0 Å². The van der Waals surface area contributed by atoms with Gasteiger partial charge in [-0.25, -0.2) is 4.79 Å². The number of hydrogen-bond donors (Lipinski definition) is 0. The normalized spacial score (nSPS) is 31.0. The average molecular weight is 397 g/mol. The lowest BCUT2D eigenvalue weighted by Gasteiger charge is -2.43. The molecule has 5 nitrogen and oxygen atoms in total. The number of carbonyl (C=O) groups is 2. The Labute approximate surface area is 173 Å². The van der Waals surface area contributed by atoms with Crippen LogP contribution in [0, 0.1) is 5.92 Å². The molecule has 2 aliphatic carbocycles. The number of nitrogens with zero attached hydrogens (tertiary/aromatic N) is 2. The number of esters is 1. The van der Waals surface area contributed by atoms with Crippen molar-refractivity contribution in [2.75, 3.05) is 26.2 Å². The van der Waals surface area contributed by atoms with Gasteiger partial charge in [-0.2, -0.15) is 0 Å². The second kappa shape index (κ2) is 7.75. The highest BCUT2D eigenvalue weighted by Gasteiger charge is 2.48. The van der Waals surface area contributed by atoms with Crippen LogP contribution in [0.15, 0.2) is 24.3 Å². The first-order valence-corrected chi connectivity index (χ1v) is 11.5. The van der Waals surface area contributed by atoms with Crippen LogP contribution in [0.25, 0.3) is 0 Å². The van der Waals surface area contributed by atoms with Crippen molar-refractivity contribution in [3.05, 3.63) is 35.4 Å². The van der Waals surface area contributed by atoms with Crippen molar-refractivity contribution in [2.45, 2.75) is 69.4 Å². The molecule has 1 saturated heterocycles. The Bertz CT molecular complexity index is 770. The summed E-state index contributed by atoms with van der Waals surface area (Å²) < 4.78 is 5.84. The van der Waals surface area contributed by atoms with Crippen LogP contribution in [-0.4, -0.2) is 53.9 Å². The zero-order valence-electron chi connectivity index (χ0n) is 17.3. The van der Waals surface area contributed by atoms with Crippen molar-refractivity contribution in [1.29, 1.82) is 0 Å². The fraction of sp³-hybridized carbons (Fsp3) is 0.667. The minimum atomic E-state index is -0.496. The van der Waals surface area contributed by atoms with E-state index in [-0.39, 0.29) is 11.9 Å². The molecule has 5 heteroatoms. The number of ether oxygens (including phenoxy) is 1. The molecule has 0 radical (unpaired) electrons. The van der Waals surface area contributed by atoms with E-state index in [4.69, 9.17) is 4.74 Å². The Hall–Kier alpha value is -1.88. The maximum absolute atomic E-state index is 13.1. The minimum Gasteiger partial charge on any atom is -0.451 e. The summed E-state index contributed by atoms with van der Waals surface area (Å²) in [7, 11) is 0. The van der Waals surface area contributed by atoms with E-state index in [9.17, 15) is 9.59 Å². The smallest absolute Gasteiger partial charge is 0.339 e. The van der Waals surface area contributed by atoms with E-state index in [1.807, 2.05) is 24.3 Å². The molecule has 1 amide bonds. The maximum atomic E-state index is 13.1. The summed E-state index contributed by atoms with van der Waals surface area (Å²) in [5, 5.41) is 0. The highest BCUT2D eigenvalue weighted by molar-refractivity contribution is 5.94. The zero-order chi connectivity index (χ0) is 19.8. The quantitative estimate of drug-likeness (QED) is 0.715. The maximum Gasteiger partial charge on any atom is 0.339 e. The number of carbonyl (C=O) groups excluding carboxylic acids is 2. The van der Waals surface area contributed by atoms with E-state index in [0.29, 0.717) is 11.5 Å². The lowest BCUT2D eigenvalue weighted by atomic mass is 9.74. The van der Waals surface area contributed by atoms with Gasteiger partial charge in [0.05, 0.1) is 5.56 Å². The van der Waals surface area contributed by atoms with Crippen LogP contribution >= 0.6 is 0 Å². The van der Waals surface area contributed by atoms with Crippen LogP contribution in [0.5, 0.6) is 0 Å². The largest absolute Gasteiger partial charge is 0.451 e. The van der Waals surface area contributed by atoms with E-state index in [1.165, 1.54) is 32.1 Å². The van der Waals surface area contributed by atoms with Crippen molar-refractivity contribution in [3.63, 3.8) is 0 Å². The van der Waals surface area contributed by atoms with Crippen molar-refractivity contribution in [2.24, 2.45) is 5.92 Å². The summed E-state index contributed by atoms with van der Waals surface area (Å²) in [6.45, 7) is 3.79. The molecule has 0 N–H and O–H groups in total. The third-order valence-corrected chi connectivity index (χ3v) is 7.79. The van der Waals surface area contributed by atoms with Gasteiger partial charge in [0, 0.05) is 43.7 Å². The third kappa shape index (κ3) is 3.48. The fourth-order valence-electron chi connectivity index (χ4n) is 6.06. The SMILES string of the molecule is O=C1O[C@]2(CC[C@H](C(=O)N3CCN(C4CCCCC4)CC3)CC2)c2ccccc21. The van der Waals surface area contributed by atoms with E-state index in [0.717, 1.165) is 63.5 Å². The molecule has 1 spiro atoms. The monoisotopic (exact) mass is 396 g/mol. The highest BCUT2D eigenvalue weighted by Crippen LogP contribution is 2.48. The molecule has 29 heavy (non-hydrogen) atoms. The second-order valence-corrected chi connectivity index (χ2v) is 9.36. The van der Waals surface area contributed by atoms with E-state index < -0.39 is 5.60 Å². The molecule has 0 aromatic heterocycles. The predicted octanol–water partition coefficient (Wildman–Crippen LogP) is 3.72. The van der Waals surface area contributed by atoms with Crippen LogP contribution < -0.4 is 0 Å². The predicted molar refractivity (Wildman–Crippen MR) is 111 cm³/mol. The molecule has 2 aliphatic heterocycles. The first-order chi connectivity index (χ1) is 14.2. The van der Waals surface area contributed by atoms with Gasteiger partial charge in [-0.1, -0.05) is 37.5 Å². The molecular formula is C24H32N2O3. The molecule has 0 atom stereocenters. The van der Waals surface area contributed by atoms with Crippen molar-refractivity contribution >= 4 is 11.9 Å². The van der Waals surface area contributed by atoms with Gasteiger partial charge in [0.15, 0.2) is 0 Å². The fourth-order valence-corrected chi connectivity index (χ4v) is 6.06. The van der Waals surface area contributed by atoms with Crippen LogP contribution in [-0.2, 0) is 15.1 Å². The van der Waals surface area contributed by atoms with Gasteiger partial charge in [0.25, 0.3) is 0 Å². The first-order valence-electron chi connectivity index (χ1n) is 11.5. The second-order valence-electron chi connectivity index (χ2n) is 9.36. The molecule has 156 valence electrons. The molecule has 4 aliphatic rings. The van der Waals surface area contributed by atoms with Gasteiger partial charge in [0.2, 0.25) is 5.91 Å². The lowest BCUT2D eigenvalue weighted by molar-refractivity contribution is -0.140. The molecule has 1 aromatic carbocycles. The Morgan fingerprint density at radius 2 is 1.62 bits per heavy atom. The number of fused-ring (bicyclic) bond motifs is 2. The van der Waals surface area contributed by atoms with Crippen molar-refractivity contribution in [1.82, 2.24) is 9.80 Å².